The molecular formula is C29H26BrN3O2. The molecule has 0 fully saturated rings. The number of carbonyl (C=O) groups excluding carboxylic acids is 1. The molecule has 1 aromatic heterocycles. The van der Waals surface area contributed by atoms with Crippen LogP contribution >= 0.6 is 15.9 Å². The fraction of sp³-hybridized carbons (Fsp3) is 0.138. The van der Waals surface area contributed by atoms with E-state index in [1.54, 1.807) is 18.2 Å². The van der Waals surface area contributed by atoms with Crippen LogP contribution in [0.5, 0.6) is 5.75 Å². The van der Waals surface area contributed by atoms with Crippen LogP contribution in [0.15, 0.2) is 95.5 Å². The number of para-hydroxylation sites is 1. The van der Waals surface area contributed by atoms with Crippen LogP contribution in [-0.4, -0.2) is 23.9 Å². The van der Waals surface area contributed by atoms with Crippen molar-refractivity contribution in [1.29, 1.82) is 0 Å². The van der Waals surface area contributed by atoms with Crippen LogP contribution in [0.4, 0.5) is 5.69 Å². The number of aromatic amines is 1. The van der Waals surface area contributed by atoms with Crippen LogP contribution in [0, 0.1) is 0 Å². The molecule has 1 unspecified atom stereocenters. The van der Waals surface area contributed by atoms with Gasteiger partial charge in [0.05, 0.1) is 18.7 Å². The summed E-state index contributed by atoms with van der Waals surface area (Å²) in [6.07, 6.45) is 0.713. The molecule has 35 heavy (non-hydrogen) atoms. The Morgan fingerprint density at radius 2 is 1.69 bits per heavy atom. The highest BCUT2D eigenvalue weighted by molar-refractivity contribution is 9.10. The minimum Gasteiger partial charge on any atom is -0.493 e. The van der Waals surface area contributed by atoms with Gasteiger partial charge in [0.15, 0.2) is 5.78 Å². The summed E-state index contributed by atoms with van der Waals surface area (Å²) in [5.74, 6) is 0.813. The molecule has 0 bridgehead atoms. The number of halogens is 1. The van der Waals surface area contributed by atoms with Crippen molar-refractivity contribution in [3.63, 3.8) is 0 Å². The number of H-pyrrole nitrogens is 1. The Morgan fingerprint density at radius 3 is 2.51 bits per heavy atom. The number of benzene rings is 4. The van der Waals surface area contributed by atoms with E-state index in [0.29, 0.717) is 24.3 Å². The first-order valence-electron chi connectivity index (χ1n) is 11.6. The molecule has 0 aliphatic heterocycles. The highest BCUT2D eigenvalue weighted by atomic mass is 79.9. The van der Waals surface area contributed by atoms with Crippen LogP contribution in [0.1, 0.15) is 28.4 Å². The van der Waals surface area contributed by atoms with Crippen molar-refractivity contribution in [2.24, 2.45) is 0 Å². The Morgan fingerprint density at radius 1 is 0.914 bits per heavy atom. The number of fused-ring (bicyclic) bond motifs is 3. The molecule has 0 amide bonds. The predicted molar refractivity (Wildman–Crippen MR) is 146 cm³/mol. The van der Waals surface area contributed by atoms with Crippen molar-refractivity contribution in [1.82, 2.24) is 10.3 Å². The second-order valence-corrected chi connectivity index (χ2v) is 9.37. The molecule has 4 aromatic carbocycles. The van der Waals surface area contributed by atoms with Crippen molar-refractivity contribution in [2.45, 2.75) is 12.5 Å². The zero-order valence-corrected chi connectivity index (χ0v) is 20.7. The number of aromatic nitrogens is 1. The second-order valence-electron chi connectivity index (χ2n) is 8.52. The van der Waals surface area contributed by atoms with E-state index in [9.17, 15) is 4.79 Å². The Labute approximate surface area is 212 Å². The lowest BCUT2D eigenvalue weighted by Crippen LogP contribution is -2.29. The van der Waals surface area contributed by atoms with Gasteiger partial charge < -0.3 is 20.8 Å². The number of ketones is 1. The number of hydrogen-bond acceptors (Lipinski definition) is 4. The lowest BCUT2D eigenvalue weighted by molar-refractivity contribution is 0.0985. The molecule has 6 heteroatoms. The van der Waals surface area contributed by atoms with E-state index in [1.165, 1.54) is 10.8 Å². The highest BCUT2D eigenvalue weighted by Gasteiger charge is 2.15. The number of anilines is 1. The number of nitrogens with two attached hydrogens (primary N) is 1. The fourth-order valence-electron chi connectivity index (χ4n) is 4.33. The zero-order chi connectivity index (χ0) is 24.2. The van der Waals surface area contributed by atoms with Gasteiger partial charge in [-0.1, -0.05) is 54.6 Å². The minimum absolute atomic E-state index is 0.00434. The Balaban J connectivity index is 1.25. The Bertz CT molecular complexity index is 1480. The normalized spacial score (nSPS) is 12.1. The molecule has 0 spiro atoms. The molecule has 5 aromatic rings. The van der Waals surface area contributed by atoms with E-state index < -0.39 is 0 Å². The molecule has 0 aliphatic carbocycles. The molecule has 0 aliphatic rings. The molecule has 5 nitrogen and oxygen atoms in total. The first-order valence-corrected chi connectivity index (χ1v) is 12.4. The Kier molecular flexibility index (Phi) is 6.84. The zero-order valence-electron chi connectivity index (χ0n) is 19.1. The van der Waals surface area contributed by atoms with E-state index in [-0.39, 0.29) is 18.4 Å². The van der Waals surface area contributed by atoms with Crippen molar-refractivity contribution in [3.05, 3.63) is 107 Å². The lowest BCUT2D eigenvalue weighted by Gasteiger charge is -2.19. The average Bonchev–Trinajstić information content (AvgIpc) is 3.26. The molecule has 176 valence electrons. The summed E-state index contributed by atoms with van der Waals surface area (Å²) < 4.78 is 6.90. The maximum Gasteiger partial charge on any atom is 0.176 e. The van der Waals surface area contributed by atoms with Gasteiger partial charge in [0.25, 0.3) is 0 Å². The van der Waals surface area contributed by atoms with Gasteiger partial charge in [-0.05, 0) is 51.8 Å². The van der Waals surface area contributed by atoms with E-state index in [2.05, 4.69) is 56.6 Å². The third-order valence-electron chi connectivity index (χ3n) is 6.18. The van der Waals surface area contributed by atoms with Gasteiger partial charge in [0, 0.05) is 50.5 Å². The lowest BCUT2D eigenvalue weighted by atomic mass is 10.0. The van der Waals surface area contributed by atoms with Gasteiger partial charge in [-0.2, -0.15) is 0 Å². The summed E-state index contributed by atoms with van der Waals surface area (Å²) in [6, 6.07) is 29.8. The number of nitrogen functional groups attached to an aromatic ring is 1. The number of ether oxygens (including phenoxy) is 1. The summed E-state index contributed by atoms with van der Waals surface area (Å²) in [5.41, 5.74) is 10.4. The largest absolute Gasteiger partial charge is 0.493 e. The van der Waals surface area contributed by atoms with Gasteiger partial charge in [-0.15, -0.1) is 0 Å². The van der Waals surface area contributed by atoms with Crippen molar-refractivity contribution in [2.75, 3.05) is 18.9 Å². The first-order chi connectivity index (χ1) is 17.1. The standard InChI is InChI=1S/C29H26BrN3O2/c30-24-13-10-20(16-25(24)31)29(34)18-32-26(19-6-2-1-3-7-19)14-15-35-21-11-12-23-22-8-4-5-9-27(22)33-28(23)17-21/h1-13,16-17,26,32-33H,14-15,18,31H2. The third-order valence-corrected chi connectivity index (χ3v) is 6.90. The van der Waals surface area contributed by atoms with E-state index in [1.807, 2.05) is 42.5 Å². The number of carbonyl (C=O) groups is 1. The quantitative estimate of drug-likeness (QED) is 0.148. The smallest absolute Gasteiger partial charge is 0.176 e. The fourth-order valence-corrected chi connectivity index (χ4v) is 4.57. The van der Waals surface area contributed by atoms with E-state index in [0.717, 1.165) is 26.8 Å². The van der Waals surface area contributed by atoms with E-state index in [4.69, 9.17) is 10.5 Å². The van der Waals surface area contributed by atoms with Crippen molar-refractivity contribution < 1.29 is 9.53 Å². The average molecular weight is 528 g/mol. The number of hydrogen-bond donors (Lipinski definition) is 3. The molecular weight excluding hydrogens is 502 g/mol. The minimum atomic E-state index is -0.0234. The van der Waals surface area contributed by atoms with Gasteiger partial charge in [0.2, 0.25) is 0 Å². The summed E-state index contributed by atoms with van der Waals surface area (Å²) in [5, 5.41) is 5.81. The maximum atomic E-state index is 12.8. The first kappa shape index (κ1) is 23.1. The van der Waals surface area contributed by atoms with Gasteiger partial charge in [0.1, 0.15) is 5.75 Å². The number of rotatable bonds is 9. The molecule has 1 atom stereocenters. The molecule has 0 saturated carbocycles. The van der Waals surface area contributed by atoms with Crippen LogP contribution in [0.2, 0.25) is 0 Å². The van der Waals surface area contributed by atoms with Gasteiger partial charge in [-0.3, -0.25) is 4.79 Å². The van der Waals surface area contributed by atoms with Gasteiger partial charge >= 0.3 is 0 Å². The Hall–Kier alpha value is -3.61. The molecule has 5 rings (SSSR count). The SMILES string of the molecule is Nc1cc(C(=O)CNC(CCOc2ccc3c(c2)[nH]c2ccccc23)c2ccccc2)ccc1Br. The van der Waals surface area contributed by atoms with Crippen LogP contribution in [-0.2, 0) is 0 Å². The summed E-state index contributed by atoms with van der Waals surface area (Å²) >= 11 is 3.37. The van der Waals surface area contributed by atoms with Crippen LogP contribution in [0.25, 0.3) is 21.8 Å². The van der Waals surface area contributed by atoms with Gasteiger partial charge in [-0.25, -0.2) is 0 Å². The highest BCUT2D eigenvalue weighted by Crippen LogP contribution is 2.28. The van der Waals surface area contributed by atoms with E-state index >= 15 is 0 Å². The second kappa shape index (κ2) is 10.3. The molecule has 1 heterocycles. The molecule has 0 radical (unpaired) electrons. The van der Waals surface area contributed by atoms with Crippen LogP contribution in [0.3, 0.4) is 0 Å². The summed E-state index contributed by atoms with van der Waals surface area (Å²) in [7, 11) is 0. The number of nitrogens with one attached hydrogen (secondary N) is 2. The number of Topliss-reactive ketones (excluding diaryl/α,β-unsaturated/α-hetero) is 1. The van der Waals surface area contributed by atoms with Crippen LogP contribution < -0.4 is 15.8 Å². The monoisotopic (exact) mass is 527 g/mol. The molecule has 0 saturated heterocycles. The third kappa shape index (κ3) is 5.24. The topological polar surface area (TPSA) is 80.1 Å². The molecule has 4 N–H and O–H groups in total. The summed E-state index contributed by atoms with van der Waals surface area (Å²) in [4.78, 5) is 16.2. The maximum absolute atomic E-state index is 12.8. The summed E-state index contributed by atoms with van der Waals surface area (Å²) in [6.45, 7) is 0.722. The van der Waals surface area contributed by atoms with Crippen molar-refractivity contribution >= 4 is 49.2 Å². The van der Waals surface area contributed by atoms with Crippen molar-refractivity contribution in [3.8, 4) is 5.75 Å². The predicted octanol–water partition coefficient (Wildman–Crippen LogP) is 6.65.